The molecule has 0 atom stereocenters. The Hall–Kier alpha value is -1.16. The van der Waals surface area contributed by atoms with Crippen LogP contribution in [0.25, 0.3) is 0 Å². The van der Waals surface area contributed by atoms with Gasteiger partial charge in [0, 0.05) is 25.9 Å². The minimum Gasteiger partial charge on any atom is -0.493 e. The summed E-state index contributed by atoms with van der Waals surface area (Å²) in [4.78, 5) is 1.85. The van der Waals surface area contributed by atoms with Crippen molar-refractivity contribution in [3.05, 3.63) is 29.3 Å². The molecule has 0 radical (unpaired) electrons. The molecule has 0 N–H and O–H groups in total. The van der Waals surface area contributed by atoms with Crippen LogP contribution < -0.4 is 4.74 Å². The van der Waals surface area contributed by atoms with Crippen molar-refractivity contribution in [1.82, 2.24) is 4.90 Å². The van der Waals surface area contributed by atoms with Crippen LogP contribution in [0.2, 0.25) is 0 Å². The molecule has 0 spiro atoms. The Labute approximate surface area is 106 Å². The van der Waals surface area contributed by atoms with Crippen molar-refractivity contribution in [3.8, 4) is 5.75 Å². The fourth-order valence-corrected chi connectivity index (χ4v) is 2.68. The standard InChI is InChI=1S/C14H17F2NO/c15-14(16)5-7-17(10-14)6-3-11-1-2-13-12(9-11)4-8-18-13/h1-2,9H,3-8,10H2. The zero-order chi connectivity index (χ0) is 12.6. The summed E-state index contributed by atoms with van der Waals surface area (Å²) < 4.78 is 31.5. The Morgan fingerprint density at radius 1 is 1.33 bits per heavy atom. The van der Waals surface area contributed by atoms with Crippen LogP contribution in [0.5, 0.6) is 5.75 Å². The molecule has 2 heterocycles. The smallest absolute Gasteiger partial charge is 0.261 e. The Bertz CT molecular complexity index is 447. The molecule has 0 unspecified atom stereocenters. The number of ether oxygens (including phenoxy) is 1. The Balaban J connectivity index is 1.57. The minimum absolute atomic E-state index is 0.00499. The monoisotopic (exact) mass is 253 g/mol. The third-order valence-corrected chi connectivity index (χ3v) is 3.72. The third kappa shape index (κ3) is 2.48. The molecule has 0 bridgehead atoms. The van der Waals surface area contributed by atoms with Gasteiger partial charge in [-0.25, -0.2) is 8.78 Å². The van der Waals surface area contributed by atoms with Gasteiger partial charge in [0.25, 0.3) is 5.92 Å². The first kappa shape index (κ1) is 11.9. The van der Waals surface area contributed by atoms with E-state index in [1.807, 2.05) is 17.0 Å². The fourth-order valence-electron chi connectivity index (χ4n) is 2.68. The van der Waals surface area contributed by atoms with Crippen molar-refractivity contribution in [2.75, 3.05) is 26.2 Å². The number of nitrogens with zero attached hydrogens (tertiary/aromatic N) is 1. The fraction of sp³-hybridized carbons (Fsp3) is 0.571. The highest BCUT2D eigenvalue weighted by atomic mass is 19.3. The van der Waals surface area contributed by atoms with Crippen LogP contribution in [-0.2, 0) is 12.8 Å². The van der Waals surface area contributed by atoms with E-state index in [0.717, 1.165) is 31.7 Å². The molecule has 18 heavy (non-hydrogen) atoms. The van der Waals surface area contributed by atoms with Gasteiger partial charge in [-0.1, -0.05) is 12.1 Å². The second kappa shape index (κ2) is 4.50. The van der Waals surface area contributed by atoms with Crippen LogP contribution >= 0.6 is 0 Å². The number of fused-ring (bicyclic) bond motifs is 1. The lowest BCUT2D eigenvalue weighted by Gasteiger charge is -2.15. The summed E-state index contributed by atoms with van der Waals surface area (Å²) >= 11 is 0. The number of benzene rings is 1. The molecule has 98 valence electrons. The summed E-state index contributed by atoms with van der Waals surface area (Å²) in [5.41, 5.74) is 2.47. The number of rotatable bonds is 3. The molecule has 0 amide bonds. The number of likely N-dealkylation sites (tertiary alicyclic amines) is 1. The summed E-state index contributed by atoms with van der Waals surface area (Å²) in [6.07, 6.45) is 1.80. The van der Waals surface area contributed by atoms with Gasteiger partial charge in [-0.3, -0.25) is 4.90 Å². The number of hydrogen-bond acceptors (Lipinski definition) is 2. The maximum absolute atomic E-state index is 13.0. The zero-order valence-corrected chi connectivity index (χ0v) is 10.3. The van der Waals surface area contributed by atoms with Crippen LogP contribution in [0.1, 0.15) is 17.5 Å². The first-order chi connectivity index (χ1) is 8.62. The predicted octanol–water partition coefficient (Wildman–Crippen LogP) is 2.51. The number of alkyl halides is 2. The molecule has 3 rings (SSSR count). The van der Waals surface area contributed by atoms with E-state index in [2.05, 4.69) is 6.07 Å². The van der Waals surface area contributed by atoms with Gasteiger partial charge in [-0.2, -0.15) is 0 Å². The molecule has 2 nitrogen and oxygen atoms in total. The molecule has 2 aliphatic heterocycles. The summed E-state index contributed by atoms with van der Waals surface area (Å²) in [6, 6.07) is 6.19. The van der Waals surface area contributed by atoms with Crippen molar-refractivity contribution >= 4 is 0 Å². The third-order valence-electron chi connectivity index (χ3n) is 3.72. The lowest BCUT2D eigenvalue weighted by Crippen LogP contribution is -2.27. The van der Waals surface area contributed by atoms with Crippen molar-refractivity contribution in [3.63, 3.8) is 0 Å². The number of hydrogen-bond donors (Lipinski definition) is 0. The Morgan fingerprint density at radius 3 is 3.00 bits per heavy atom. The van der Waals surface area contributed by atoms with Crippen LogP contribution in [0.4, 0.5) is 8.78 Å². The number of halogens is 2. The van der Waals surface area contributed by atoms with E-state index in [1.165, 1.54) is 11.1 Å². The first-order valence-electron chi connectivity index (χ1n) is 6.47. The molecule has 2 aliphatic rings. The van der Waals surface area contributed by atoms with E-state index < -0.39 is 5.92 Å². The predicted molar refractivity (Wildman–Crippen MR) is 65.3 cm³/mol. The van der Waals surface area contributed by atoms with E-state index in [1.54, 1.807) is 0 Å². The van der Waals surface area contributed by atoms with Gasteiger partial charge in [0.15, 0.2) is 0 Å². The van der Waals surface area contributed by atoms with Gasteiger partial charge in [0.05, 0.1) is 13.2 Å². The van der Waals surface area contributed by atoms with Gasteiger partial charge in [-0.05, 0) is 23.6 Å². The molecule has 1 fully saturated rings. The molecule has 1 aromatic rings. The maximum atomic E-state index is 13.0. The summed E-state index contributed by atoms with van der Waals surface area (Å²) in [7, 11) is 0. The van der Waals surface area contributed by atoms with E-state index in [9.17, 15) is 8.78 Å². The average molecular weight is 253 g/mol. The minimum atomic E-state index is -2.48. The highest BCUT2D eigenvalue weighted by Crippen LogP contribution is 2.28. The maximum Gasteiger partial charge on any atom is 0.261 e. The highest BCUT2D eigenvalue weighted by Gasteiger charge is 2.37. The highest BCUT2D eigenvalue weighted by molar-refractivity contribution is 5.39. The normalized spacial score (nSPS) is 21.9. The summed E-state index contributed by atoms with van der Waals surface area (Å²) in [5.74, 6) is -1.50. The topological polar surface area (TPSA) is 12.5 Å². The quantitative estimate of drug-likeness (QED) is 0.820. The largest absolute Gasteiger partial charge is 0.493 e. The van der Waals surface area contributed by atoms with Gasteiger partial charge in [0.1, 0.15) is 5.75 Å². The molecular weight excluding hydrogens is 236 g/mol. The molecule has 0 aliphatic carbocycles. The van der Waals surface area contributed by atoms with Crippen molar-refractivity contribution in [2.24, 2.45) is 0 Å². The SMILES string of the molecule is FC1(F)CCN(CCc2ccc3c(c2)CCO3)C1. The Morgan fingerprint density at radius 2 is 2.22 bits per heavy atom. The molecular formula is C14H17F2NO. The summed E-state index contributed by atoms with van der Waals surface area (Å²) in [6.45, 7) is 1.91. The van der Waals surface area contributed by atoms with Gasteiger partial charge in [0.2, 0.25) is 0 Å². The summed E-state index contributed by atoms with van der Waals surface area (Å²) in [5, 5.41) is 0. The van der Waals surface area contributed by atoms with E-state index in [-0.39, 0.29) is 13.0 Å². The van der Waals surface area contributed by atoms with Crippen molar-refractivity contribution < 1.29 is 13.5 Å². The lowest BCUT2D eigenvalue weighted by molar-refractivity contribution is 0.0123. The zero-order valence-electron chi connectivity index (χ0n) is 10.3. The second-order valence-corrected chi connectivity index (χ2v) is 5.17. The first-order valence-corrected chi connectivity index (χ1v) is 6.47. The molecule has 1 aromatic carbocycles. The van der Waals surface area contributed by atoms with Crippen molar-refractivity contribution in [2.45, 2.75) is 25.2 Å². The second-order valence-electron chi connectivity index (χ2n) is 5.17. The molecule has 1 saturated heterocycles. The van der Waals surface area contributed by atoms with Crippen LogP contribution in [0.3, 0.4) is 0 Å². The average Bonchev–Trinajstić information content (AvgIpc) is 2.92. The Kier molecular flexibility index (Phi) is 2.98. The van der Waals surface area contributed by atoms with Gasteiger partial charge in [-0.15, -0.1) is 0 Å². The lowest BCUT2D eigenvalue weighted by atomic mass is 10.1. The van der Waals surface area contributed by atoms with E-state index in [4.69, 9.17) is 4.74 Å². The van der Waals surface area contributed by atoms with Crippen LogP contribution in [0, 0.1) is 0 Å². The molecule has 0 saturated carbocycles. The van der Waals surface area contributed by atoms with Crippen LogP contribution in [0.15, 0.2) is 18.2 Å². The molecule has 4 heteroatoms. The van der Waals surface area contributed by atoms with Crippen molar-refractivity contribution in [1.29, 1.82) is 0 Å². The van der Waals surface area contributed by atoms with E-state index >= 15 is 0 Å². The van der Waals surface area contributed by atoms with Crippen LogP contribution in [-0.4, -0.2) is 37.1 Å². The molecule has 0 aromatic heterocycles. The van der Waals surface area contributed by atoms with Gasteiger partial charge < -0.3 is 4.74 Å². The van der Waals surface area contributed by atoms with E-state index in [0.29, 0.717) is 6.54 Å². The van der Waals surface area contributed by atoms with Gasteiger partial charge >= 0.3 is 0 Å².